The van der Waals surface area contributed by atoms with Crippen LogP contribution in [0.4, 0.5) is 5.82 Å². The number of aromatic amines is 1. The van der Waals surface area contributed by atoms with Crippen LogP contribution in [0.1, 0.15) is 74.5 Å². The molecule has 6 heteroatoms. The highest BCUT2D eigenvalue weighted by molar-refractivity contribution is 5.94. The molecule has 2 aromatic rings. The zero-order chi connectivity index (χ0) is 18.1. The van der Waals surface area contributed by atoms with Gasteiger partial charge in [0.25, 0.3) is 5.56 Å². The van der Waals surface area contributed by atoms with E-state index in [1.807, 2.05) is 4.68 Å². The predicted octanol–water partition coefficient (Wildman–Crippen LogP) is 3.64. The minimum atomic E-state index is -0.280. The standard InChI is InChI=1S/C20H25N3O3/c24-15-10-8-13(9-11-15)16-12-17(25)21-19-18(16)20(26)22-23(19)14-6-4-2-1-3-5-7-14/h8-11,14,16,24H,1-7,12H2,(H,21,25)(H,22,26)/t16-/m0/s1. The molecule has 1 fully saturated rings. The summed E-state index contributed by atoms with van der Waals surface area (Å²) in [5.41, 5.74) is 1.39. The van der Waals surface area contributed by atoms with Gasteiger partial charge in [-0.2, -0.15) is 0 Å². The van der Waals surface area contributed by atoms with Crippen LogP contribution in [0, 0.1) is 0 Å². The van der Waals surface area contributed by atoms with Crippen molar-refractivity contribution in [2.45, 2.75) is 63.3 Å². The maximum Gasteiger partial charge on any atom is 0.270 e. The fraction of sp³-hybridized carbons (Fsp3) is 0.500. The van der Waals surface area contributed by atoms with Crippen molar-refractivity contribution >= 4 is 11.7 Å². The van der Waals surface area contributed by atoms with Gasteiger partial charge in [-0.05, 0) is 30.5 Å². The number of carbonyl (C=O) groups excluding carboxylic acids is 1. The zero-order valence-corrected chi connectivity index (χ0v) is 14.8. The second kappa shape index (κ2) is 7.02. The first kappa shape index (κ1) is 16.9. The van der Waals surface area contributed by atoms with Gasteiger partial charge in [-0.15, -0.1) is 0 Å². The Bertz CT molecular complexity index is 842. The molecule has 0 radical (unpaired) electrons. The number of hydrogen-bond acceptors (Lipinski definition) is 3. The Morgan fingerprint density at radius 3 is 2.31 bits per heavy atom. The second-order valence-electron chi connectivity index (χ2n) is 7.47. The summed E-state index contributed by atoms with van der Waals surface area (Å²) in [6.45, 7) is 0. The maximum absolute atomic E-state index is 12.8. The first-order valence-corrected chi connectivity index (χ1v) is 9.56. The molecule has 1 aromatic carbocycles. The number of anilines is 1. The van der Waals surface area contributed by atoms with Gasteiger partial charge in [0.2, 0.25) is 5.91 Å². The highest BCUT2D eigenvalue weighted by atomic mass is 16.3. The van der Waals surface area contributed by atoms with E-state index in [-0.39, 0.29) is 35.6 Å². The van der Waals surface area contributed by atoms with E-state index in [2.05, 4.69) is 10.4 Å². The molecule has 138 valence electrons. The van der Waals surface area contributed by atoms with Crippen molar-refractivity contribution < 1.29 is 9.90 Å². The first-order valence-electron chi connectivity index (χ1n) is 9.56. The van der Waals surface area contributed by atoms with Crippen molar-refractivity contribution in [1.82, 2.24) is 9.78 Å². The molecule has 26 heavy (non-hydrogen) atoms. The van der Waals surface area contributed by atoms with Crippen LogP contribution < -0.4 is 10.9 Å². The van der Waals surface area contributed by atoms with E-state index in [4.69, 9.17) is 0 Å². The van der Waals surface area contributed by atoms with Crippen LogP contribution in [0.3, 0.4) is 0 Å². The van der Waals surface area contributed by atoms with Gasteiger partial charge in [0.15, 0.2) is 0 Å². The molecule has 2 aliphatic rings. The van der Waals surface area contributed by atoms with E-state index in [0.717, 1.165) is 31.2 Å². The van der Waals surface area contributed by atoms with Crippen LogP contribution in [0.15, 0.2) is 29.1 Å². The molecular weight excluding hydrogens is 330 g/mol. The molecule has 0 bridgehead atoms. The number of amides is 1. The smallest absolute Gasteiger partial charge is 0.270 e. The maximum atomic E-state index is 12.8. The Morgan fingerprint density at radius 1 is 0.962 bits per heavy atom. The highest BCUT2D eigenvalue weighted by Crippen LogP contribution is 2.38. The minimum absolute atomic E-state index is 0.0748. The van der Waals surface area contributed by atoms with Crippen LogP contribution in [0.5, 0.6) is 5.75 Å². The van der Waals surface area contributed by atoms with Crippen molar-refractivity contribution in [3.05, 3.63) is 45.7 Å². The van der Waals surface area contributed by atoms with Gasteiger partial charge in [0, 0.05) is 12.3 Å². The Hall–Kier alpha value is -2.50. The van der Waals surface area contributed by atoms with Crippen LogP contribution in [-0.4, -0.2) is 20.8 Å². The lowest BCUT2D eigenvalue weighted by Gasteiger charge is -2.27. The third-order valence-corrected chi connectivity index (χ3v) is 5.69. The Labute approximate surface area is 152 Å². The first-order chi connectivity index (χ1) is 12.6. The number of fused-ring (bicyclic) bond motifs is 1. The average molecular weight is 355 g/mol. The molecule has 1 aliphatic carbocycles. The topological polar surface area (TPSA) is 87.1 Å². The molecule has 0 spiro atoms. The summed E-state index contributed by atoms with van der Waals surface area (Å²) in [6, 6.07) is 7.00. The number of rotatable bonds is 2. The minimum Gasteiger partial charge on any atom is -0.508 e. The van der Waals surface area contributed by atoms with Crippen molar-refractivity contribution in [2.75, 3.05) is 5.32 Å². The van der Waals surface area contributed by atoms with Gasteiger partial charge < -0.3 is 10.4 Å². The molecule has 2 heterocycles. The number of hydrogen-bond donors (Lipinski definition) is 3. The molecule has 1 aromatic heterocycles. The van der Waals surface area contributed by atoms with E-state index in [9.17, 15) is 14.7 Å². The van der Waals surface area contributed by atoms with E-state index in [0.29, 0.717) is 11.4 Å². The lowest BCUT2D eigenvalue weighted by Crippen LogP contribution is -2.27. The molecule has 4 rings (SSSR count). The van der Waals surface area contributed by atoms with Gasteiger partial charge in [0.05, 0.1) is 11.6 Å². The normalized spacial score (nSPS) is 21.5. The second-order valence-corrected chi connectivity index (χ2v) is 7.47. The molecule has 0 unspecified atom stereocenters. The lowest BCUT2D eigenvalue weighted by molar-refractivity contribution is -0.116. The van der Waals surface area contributed by atoms with E-state index < -0.39 is 0 Å². The molecule has 6 nitrogen and oxygen atoms in total. The summed E-state index contributed by atoms with van der Waals surface area (Å²) in [5.74, 6) is 0.456. The number of carbonyl (C=O) groups is 1. The number of H-pyrrole nitrogens is 1. The Morgan fingerprint density at radius 2 is 1.62 bits per heavy atom. The number of benzene rings is 1. The molecule has 3 N–H and O–H groups in total. The molecule has 1 aliphatic heterocycles. The quantitative estimate of drug-likeness (QED) is 0.768. The monoisotopic (exact) mass is 355 g/mol. The highest BCUT2D eigenvalue weighted by Gasteiger charge is 2.34. The number of aromatic hydroxyl groups is 1. The number of nitrogens with zero attached hydrogens (tertiary/aromatic N) is 1. The molecule has 0 saturated heterocycles. The SMILES string of the molecule is O=C1C[C@@H](c2ccc(O)cc2)c2c(n(C3CCCCCCC3)[nH]c2=O)N1. The lowest BCUT2D eigenvalue weighted by atomic mass is 9.87. The third-order valence-electron chi connectivity index (χ3n) is 5.69. The molecule has 1 saturated carbocycles. The Kier molecular flexibility index (Phi) is 4.57. The number of aromatic nitrogens is 2. The summed E-state index contributed by atoms with van der Waals surface area (Å²) in [5, 5.41) is 15.5. The summed E-state index contributed by atoms with van der Waals surface area (Å²) in [6.07, 6.45) is 8.33. The number of phenolic OH excluding ortho intramolecular Hbond substituents is 1. The number of phenols is 1. The van der Waals surface area contributed by atoms with Gasteiger partial charge >= 0.3 is 0 Å². The van der Waals surface area contributed by atoms with Gasteiger partial charge in [-0.3, -0.25) is 19.4 Å². The zero-order valence-electron chi connectivity index (χ0n) is 14.8. The molecular formula is C20H25N3O3. The van der Waals surface area contributed by atoms with Gasteiger partial charge in [-0.1, -0.05) is 44.2 Å². The van der Waals surface area contributed by atoms with Crippen LogP contribution in [0.25, 0.3) is 0 Å². The average Bonchev–Trinajstić information content (AvgIpc) is 2.91. The van der Waals surface area contributed by atoms with Crippen LogP contribution in [0.2, 0.25) is 0 Å². The largest absolute Gasteiger partial charge is 0.508 e. The van der Waals surface area contributed by atoms with Gasteiger partial charge in [-0.25, -0.2) is 0 Å². The summed E-state index contributed by atoms with van der Waals surface area (Å²) < 4.78 is 1.91. The van der Waals surface area contributed by atoms with Gasteiger partial charge in [0.1, 0.15) is 11.6 Å². The van der Waals surface area contributed by atoms with Crippen molar-refractivity contribution in [3.63, 3.8) is 0 Å². The van der Waals surface area contributed by atoms with E-state index >= 15 is 0 Å². The van der Waals surface area contributed by atoms with Crippen molar-refractivity contribution in [3.8, 4) is 5.75 Å². The number of nitrogens with one attached hydrogen (secondary N) is 2. The molecule has 1 amide bonds. The summed E-state index contributed by atoms with van der Waals surface area (Å²) >= 11 is 0. The fourth-order valence-corrected chi connectivity index (χ4v) is 4.34. The fourth-order valence-electron chi connectivity index (χ4n) is 4.34. The Balaban J connectivity index is 1.74. The van der Waals surface area contributed by atoms with E-state index in [1.54, 1.807) is 24.3 Å². The third kappa shape index (κ3) is 3.16. The van der Waals surface area contributed by atoms with Crippen LogP contribution in [-0.2, 0) is 4.79 Å². The predicted molar refractivity (Wildman–Crippen MR) is 99.6 cm³/mol. The van der Waals surface area contributed by atoms with E-state index in [1.165, 1.54) is 19.3 Å². The summed E-state index contributed by atoms with van der Waals surface area (Å²) in [7, 11) is 0. The van der Waals surface area contributed by atoms with Crippen LogP contribution >= 0.6 is 0 Å². The van der Waals surface area contributed by atoms with Crippen molar-refractivity contribution in [1.29, 1.82) is 0 Å². The van der Waals surface area contributed by atoms with Crippen molar-refractivity contribution in [2.24, 2.45) is 0 Å². The summed E-state index contributed by atoms with van der Waals surface area (Å²) in [4.78, 5) is 25.1. The molecule has 1 atom stereocenters.